The molecule has 112 valence electrons. The lowest BCUT2D eigenvalue weighted by Crippen LogP contribution is -2.38. The third-order valence-electron chi connectivity index (χ3n) is 3.56. The molecule has 2 nitrogen and oxygen atoms in total. The number of nitrogens with zero attached hydrogens (tertiary/aromatic N) is 1. The van der Waals surface area contributed by atoms with E-state index in [1.807, 2.05) is 11.8 Å². The van der Waals surface area contributed by atoms with Crippen LogP contribution in [0.5, 0.6) is 0 Å². The van der Waals surface area contributed by atoms with E-state index in [-0.39, 0.29) is 6.54 Å². The number of hydrogen-bond donors (Lipinski definition) is 1. The van der Waals surface area contributed by atoms with Gasteiger partial charge in [-0.25, -0.2) is 0 Å². The monoisotopic (exact) mass is 304 g/mol. The van der Waals surface area contributed by atoms with E-state index in [2.05, 4.69) is 11.8 Å². The Kier molecular flexibility index (Phi) is 4.86. The van der Waals surface area contributed by atoms with Crippen LogP contribution in [0.4, 0.5) is 18.9 Å². The lowest BCUT2D eigenvalue weighted by molar-refractivity contribution is -0.137. The number of anilines is 1. The summed E-state index contributed by atoms with van der Waals surface area (Å²) in [4.78, 5) is 2.16. The summed E-state index contributed by atoms with van der Waals surface area (Å²) in [5, 5.41) is 0.539. The van der Waals surface area contributed by atoms with Crippen molar-refractivity contribution >= 4 is 17.4 Å². The summed E-state index contributed by atoms with van der Waals surface area (Å²) in [6.07, 6.45) is -3.24. The first-order valence-corrected chi connectivity index (χ1v) is 7.77. The van der Waals surface area contributed by atoms with E-state index in [1.165, 1.54) is 6.07 Å². The van der Waals surface area contributed by atoms with Crippen molar-refractivity contribution in [1.82, 2.24) is 0 Å². The normalized spacial score (nSPS) is 20.2. The second-order valence-electron chi connectivity index (χ2n) is 4.89. The maximum Gasteiger partial charge on any atom is 0.416 e. The fourth-order valence-electron chi connectivity index (χ4n) is 2.42. The molecule has 1 aromatic rings. The highest BCUT2D eigenvalue weighted by atomic mass is 32.2. The van der Waals surface area contributed by atoms with E-state index in [4.69, 9.17) is 5.73 Å². The number of alkyl halides is 3. The Bertz CT molecular complexity index is 462. The predicted molar refractivity (Wildman–Crippen MR) is 78.1 cm³/mol. The maximum absolute atomic E-state index is 12.7. The van der Waals surface area contributed by atoms with Crippen molar-refractivity contribution in [1.29, 1.82) is 0 Å². The second-order valence-corrected chi connectivity index (χ2v) is 6.30. The second kappa shape index (κ2) is 6.26. The smallest absolute Gasteiger partial charge is 0.369 e. The van der Waals surface area contributed by atoms with Crippen LogP contribution in [0.3, 0.4) is 0 Å². The van der Waals surface area contributed by atoms with Crippen LogP contribution in [0.25, 0.3) is 0 Å². The Labute approximate surface area is 121 Å². The molecule has 1 unspecified atom stereocenters. The fourth-order valence-corrected chi connectivity index (χ4v) is 3.60. The molecule has 1 saturated heterocycles. The number of halogens is 3. The standard InChI is InChI=1S/C14H19F3N2S/c1-2-12-9-19(5-6-20-12)13-4-3-11(14(15,16)17)7-10(13)8-18/h3-4,7,12H,2,5-6,8-9,18H2,1H3. The van der Waals surface area contributed by atoms with Gasteiger partial charge in [-0.3, -0.25) is 0 Å². The summed E-state index contributed by atoms with van der Waals surface area (Å²) in [7, 11) is 0. The van der Waals surface area contributed by atoms with Crippen molar-refractivity contribution in [2.45, 2.75) is 31.3 Å². The molecule has 0 saturated carbocycles. The molecule has 6 heteroatoms. The van der Waals surface area contributed by atoms with Gasteiger partial charge in [-0.2, -0.15) is 24.9 Å². The zero-order chi connectivity index (χ0) is 14.8. The van der Waals surface area contributed by atoms with Gasteiger partial charge in [0, 0.05) is 36.3 Å². The summed E-state index contributed by atoms with van der Waals surface area (Å²) < 4.78 is 38.2. The minimum Gasteiger partial charge on any atom is -0.369 e. The van der Waals surface area contributed by atoms with E-state index in [0.717, 1.165) is 37.0 Å². The summed E-state index contributed by atoms with van der Waals surface area (Å²) in [6.45, 7) is 4.00. The van der Waals surface area contributed by atoms with Crippen molar-refractivity contribution in [2.75, 3.05) is 23.7 Å². The molecule has 1 atom stereocenters. The highest BCUT2D eigenvalue weighted by molar-refractivity contribution is 8.00. The number of benzene rings is 1. The van der Waals surface area contributed by atoms with Crippen molar-refractivity contribution in [3.63, 3.8) is 0 Å². The number of nitrogens with two attached hydrogens (primary N) is 1. The predicted octanol–water partition coefficient (Wildman–Crippen LogP) is 3.50. The molecular weight excluding hydrogens is 285 g/mol. The molecule has 1 heterocycles. The molecule has 0 spiro atoms. The Hall–Kier alpha value is -0.880. The van der Waals surface area contributed by atoms with Gasteiger partial charge in [0.15, 0.2) is 0 Å². The molecule has 0 aliphatic carbocycles. The Morgan fingerprint density at radius 1 is 1.40 bits per heavy atom. The van der Waals surface area contributed by atoms with Gasteiger partial charge in [0.1, 0.15) is 0 Å². The van der Waals surface area contributed by atoms with Crippen LogP contribution in [0.1, 0.15) is 24.5 Å². The Balaban J connectivity index is 2.27. The van der Waals surface area contributed by atoms with Gasteiger partial charge in [0.2, 0.25) is 0 Å². The SMILES string of the molecule is CCC1CN(c2ccc(C(F)(F)F)cc2CN)CCS1. The van der Waals surface area contributed by atoms with E-state index in [0.29, 0.717) is 10.8 Å². The first kappa shape index (κ1) is 15.5. The molecule has 0 bridgehead atoms. The summed E-state index contributed by atoms with van der Waals surface area (Å²) in [5.41, 5.74) is 6.43. The third-order valence-corrected chi connectivity index (χ3v) is 4.93. The van der Waals surface area contributed by atoms with Crippen LogP contribution in [0, 0.1) is 0 Å². The van der Waals surface area contributed by atoms with Crippen LogP contribution in [-0.4, -0.2) is 24.1 Å². The quantitative estimate of drug-likeness (QED) is 0.927. The molecule has 2 N–H and O–H groups in total. The molecule has 1 aromatic carbocycles. The zero-order valence-electron chi connectivity index (χ0n) is 11.4. The largest absolute Gasteiger partial charge is 0.416 e. The molecule has 0 aromatic heterocycles. The molecular formula is C14H19F3N2S. The molecule has 1 fully saturated rings. The van der Waals surface area contributed by atoms with Gasteiger partial charge in [0.25, 0.3) is 0 Å². The van der Waals surface area contributed by atoms with Gasteiger partial charge >= 0.3 is 6.18 Å². The van der Waals surface area contributed by atoms with Gasteiger partial charge in [-0.1, -0.05) is 6.92 Å². The molecule has 0 radical (unpaired) electrons. The van der Waals surface area contributed by atoms with Crippen LogP contribution in [0.2, 0.25) is 0 Å². The van der Waals surface area contributed by atoms with Gasteiger partial charge in [0.05, 0.1) is 5.56 Å². The van der Waals surface area contributed by atoms with E-state index < -0.39 is 11.7 Å². The molecule has 20 heavy (non-hydrogen) atoms. The van der Waals surface area contributed by atoms with Crippen molar-refractivity contribution in [2.24, 2.45) is 5.73 Å². The van der Waals surface area contributed by atoms with Crippen LogP contribution >= 0.6 is 11.8 Å². The van der Waals surface area contributed by atoms with Crippen molar-refractivity contribution in [3.8, 4) is 0 Å². The van der Waals surface area contributed by atoms with Crippen LogP contribution < -0.4 is 10.6 Å². The van der Waals surface area contributed by atoms with E-state index >= 15 is 0 Å². The minimum atomic E-state index is -4.31. The molecule has 1 aliphatic rings. The molecule has 2 rings (SSSR count). The van der Waals surface area contributed by atoms with Gasteiger partial charge in [-0.15, -0.1) is 0 Å². The fraction of sp³-hybridized carbons (Fsp3) is 0.571. The van der Waals surface area contributed by atoms with Gasteiger partial charge < -0.3 is 10.6 Å². The molecule has 0 amide bonds. The van der Waals surface area contributed by atoms with Crippen molar-refractivity contribution in [3.05, 3.63) is 29.3 Å². The lowest BCUT2D eigenvalue weighted by atomic mass is 10.1. The summed E-state index contributed by atoms with van der Waals surface area (Å²) in [5.74, 6) is 1.00. The number of hydrogen-bond acceptors (Lipinski definition) is 3. The average molecular weight is 304 g/mol. The number of rotatable bonds is 3. The summed E-state index contributed by atoms with van der Waals surface area (Å²) in [6, 6.07) is 3.89. The van der Waals surface area contributed by atoms with Crippen LogP contribution in [0.15, 0.2) is 18.2 Å². The van der Waals surface area contributed by atoms with E-state index in [9.17, 15) is 13.2 Å². The minimum absolute atomic E-state index is 0.125. The first-order valence-electron chi connectivity index (χ1n) is 6.72. The third kappa shape index (κ3) is 3.41. The maximum atomic E-state index is 12.7. The lowest BCUT2D eigenvalue weighted by Gasteiger charge is -2.35. The Morgan fingerprint density at radius 2 is 2.15 bits per heavy atom. The van der Waals surface area contributed by atoms with E-state index in [1.54, 1.807) is 6.07 Å². The van der Waals surface area contributed by atoms with Gasteiger partial charge in [-0.05, 0) is 30.2 Å². The number of thioether (sulfide) groups is 1. The zero-order valence-corrected chi connectivity index (χ0v) is 12.2. The molecule has 1 aliphatic heterocycles. The summed E-state index contributed by atoms with van der Waals surface area (Å²) >= 11 is 1.93. The highest BCUT2D eigenvalue weighted by Gasteiger charge is 2.31. The average Bonchev–Trinajstić information content (AvgIpc) is 2.45. The first-order chi connectivity index (χ1) is 9.45. The topological polar surface area (TPSA) is 29.3 Å². The van der Waals surface area contributed by atoms with Crippen molar-refractivity contribution < 1.29 is 13.2 Å². The highest BCUT2D eigenvalue weighted by Crippen LogP contribution is 2.34. The van der Waals surface area contributed by atoms with Crippen LogP contribution in [-0.2, 0) is 12.7 Å². The Morgan fingerprint density at radius 3 is 2.75 bits per heavy atom.